The van der Waals surface area contributed by atoms with E-state index in [4.69, 9.17) is 4.98 Å². The number of hydrogen-bond donors (Lipinski definition) is 0. The van der Waals surface area contributed by atoms with Crippen molar-refractivity contribution in [1.82, 2.24) is 14.9 Å². The summed E-state index contributed by atoms with van der Waals surface area (Å²) >= 11 is 0. The summed E-state index contributed by atoms with van der Waals surface area (Å²) in [5.41, 5.74) is 3.44. The number of rotatable bonds is 1. The molecule has 16 heavy (non-hydrogen) atoms. The molecule has 1 aromatic rings. The summed E-state index contributed by atoms with van der Waals surface area (Å²) in [6.45, 7) is 7.92. The van der Waals surface area contributed by atoms with Gasteiger partial charge in [-0.25, -0.2) is 0 Å². The van der Waals surface area contributed by atoms with Crippen LogP contribution in [0.25, 0.3) is 0 Å². The van der Waals surface area contributed by atoms with E-state index in [1.54, 1.807) is 0 Å². The van der Waals surface area contributed by atoms with Crippen LogP contribution in [0.2, 0.25) is 0 Å². The molecule has 4 rings (SSSR count). The molecule has 3 aliphatic rings. The summed E-state index contributed by atoms with van der Waals surface area (Å²) in [6, 6.07) is 0. The zero-order valence-corrected chi connectivity index (χ0v) is 10.1. The summed E-state index contributed by atoms with van der Waals surface area (Å²) in [5, 5.41) is 0. The fraction of sp³-hybridized carbons (Fsp3) is 0.692. The highest BCUT2D eigenvalue weighted by atomic mass is 15.2. The molecule has 3 fully saturated rings. The number of piperidine rings is 3. The van der Waals surface area contributed by atoms with Gasteiger partial charge in [0.1, 0.15) is 0 Å². The summed E-state index contributed by atoms with van der Waals surface area (Å²) in [5.74, 6) is 1.48. The van der Waals surface area contributed by atoms with Crippen molar-refractivity contribution in [1.29, 1.82) is 0 Å². The van der Waals surface area contributed by atoms with E-state index in [1.165, 1.54) is 38.2 Å². The van der Waals surface area contributed by atoms with Gasteiger partial charge in [0.25, 0.3) is 0 Å². The van der Waals surface area contributed by atoms with Crippen LogP contribution in [0, 0.1) is 19.8 Å². The number of fused-ring (bicyclic) bond motifs is 3. The van der Waals surface area contributed by atoms with Crippen molar-refractivity contribution < 1.29 is 0 Å². The molecule has 0 radical (unpaired) electrons. The standard InChI is InChI=1S/C13H19N3/c1-9-7-14-10(2)13(15-9)12-8-16-5-3-11(12)4-6-16/h7,11-12H,3-6,8H2,1-2H3/t12-/m1/s1. The summed E-state index contributed by atoms with van der Waals surface area (Å²) in [6.07, 6.45) is 4.57. The van der Waals surface area contributed by atoms with Crippen LogP contribution in [0.5, 0.6) is 0 Å². The minimum absolute atomic E-state index is 0.634. The van der Waals surface area contributed by atoms with Crippen LogP contribution in [0.15, 0.2) is 6.20 Å². The highest BCUT2D eigenvalue weighted by molar-refractivity contribution is 5.20. The highest BCUT2D eigenvalue weighted by Crippen LogP contribution is 2.38. The summed E-state index contributed by atoms with van der Waals surface area (Å²) in [4.78, 5) is 11.8. The molecule has 86 valence electrons. The van der Waals surface area contributed by atoms with E-state index in [9.17, 15) is 0 Å². The van der Waals surface area contributed by atoms with Gasteiger partial charge < -0.3 is 4.90 Å². The van der Waals surface area contributed by atoms with Crippen molar-refractivity contribution >= 4 is 0 Å². The lowest BCUT2D eigenvalue weighted by atomic mass is 9.77. The Bertz CT molecular complexity index is 394. The Labute approximate surface area is 96.9 Å². The zero-order valence-electron chi connectivity index (χ0n) is 10.1. The van der Waals surface area contributed by atoms with Gasteiger partial charge in [-0.3, -0.25) is 9.97 Å². The van der Waals surface area contributed by atoms with Gasteiger partial charge >= 0.3 is 0 Å². The number of nitrogens with zero attached hydrogens (tertiary/aromatic N) is 3. The number of hydrogen-bond acceptors (Lipinski definition) is 3. The Morgan fingerprint density at radius 1 is 1.25 bits per heavy atom. The Kier molecular flexibility index (Phi) is 2.43. The molecule has 3 heteroatoms. The van der Waals surface area contributed by atoms with E-state index in [0.29, 0.717) is 5.92 Å². The molecule has 4 heterocycles. The van der Waals surface area contributed by atoms with E-state index >= 15 is 0 Å². The molecule has 0 unspecified atom stereocenters. The number of aryl methyl sites for hydroxylation is 2. The van der Waals surface area contributed by atoms with Crippen LogP contribution in [0.4, 0.5) is 0 Å². The topological polar surface area (TPSA) is 29.0 Å². The molecule has 2 bridgehead atoms. The van der Waals surface area contributed by atoms with Crippen molar-refractivity contribution in [2.24, 2.45) is 5.92 Å². The largest absolute Gasteiger partial charge is 0.303 e. The van der Waals surface area contributed by atoms with E-state index in [1.807, 2.05) is 13.1 Å². The molecule has 0 saturated carbocycles. The fourth-order valence-corrected chi connectivity index (χ4v) is 3.18. The maximum atomic E-state index is 4.73. The van der Waals surface area contributed by atoms with Gasteiger partial charge in [0.15, 0.2) is 0 Å². The second-order valence-corrected chi connectivity index (χ2v) is 5.23. The van der Waals surface area contributed by atoms with Gasteiger partial charge in [0, 0.05) is 18.7 Å². The SMILES string of the molecule is Cc1cnc(C)c([C@@H]2CN3CCC2CC3)n1. The van der Waals surface area contributed by atoms with Crippen molar-refractivity contribution in [3.05, 3.63) is 23.3 Å². The second-order valence-electron chi connectivity index (χ2n) is 5.23. The molecule has 3 aliphatic heterocycles. The Morgan fingerprint density at radius 2 is 2.00 bits per heavy atom. The molecule has 0 spiro atoms. The van der Waals surface area contributed by atoms with Crippen LogP contribution < -0.4 is 0 Å². The molecule has 0 N–H and O–H groups in total. The smallest absolute Gasteiger partial charge is 0.0665 e. The molecular formula is C13H19N3. The van der Waals surface area contributed by atoms with E-state index in [0.717, 1.165) is 17.3 Å². The van der Waals surface area contributed by atoms with Crippen LogP contribution >= 0.6 is 0 Å². The fourth-order valence-electron chi connectivity index (χ4n) is 3.18. The van der Waals surface area contributed by atoms with Gasteiger partial charge in [-0.2, -0.15) is 0 Å². The lowest BCUT2D eigenvalue weighted by molar-refractivity contribution is 0.0849. The quantitative estimate of drug-likeness (QED) is 0.719. The lowest BCUT2D eigenvalue weighted by Crippen LogP contribution is -2.46. The van der Waals surface area contributed by atoms with Crippen molar-refractivity contribution in [2.75, 3.05) is 19.6 Å². The van der Waals surface area contributed by atoms with Crippen LogP contribution in [-0.2, 0) is 0 Å². The minimum atomic E-state index is 0.634. The number of aromatic nitrogens is 2. The van der Waals surface area contributed by atoms with E-state index < -0.39 is 0 Å². The first kappa shape index (κ1) is 10.2. The van der Waals surface area contributed by atoms with Gasteiger partial charge in [0.05, 0.1) is 17.1 Å². The predicted octanol–water partition coefficient (Wildman–Crippen LogP) is 1.90. The maximum Gasteiger partial charge on any atom is 0.0665 e. The van der Waals surface area contributed by atoms with E-state index in [-0.39, 0.29) is 0 Å². The summed E-state index contributed by atoms with van der Waals surface area (Å²) in [7, 11) is 0. The molecule has 1 atom stereocenters. The Morgan fingerprint density at radius 3 is 2.62 bits per heavy atom. The molecule has 3 saturated heterocycles. The van der Waals surface area contributed by atoms with Gasteiger partial charge in [0.2, 0.25) is 0 Å². The Hall–Kier alpha value is -0.960. The van der Waals surface area contributed by atoms with E-state index in [2.05, 4.69) is 16.8 Å². The third-order valence-corrected chi connectivity index (χ3v) is 4.12. The average molecular weight is 217 g/mol. The first-order valence-electron chi connectivity index (χ1n) is 6.26. The molecular weight excluding hydrogens is 198 g/mol. The van der Waals surface area contributed by atoms with Crippen LogP contribution in [0.1, 0.15) is 35.8 Å². The zero-order chi connectivity index (χ0) is 11.1. The third-order valence-electron chi connectivity index (χ3n) is 4.12. The first-order valence-corrected chi connectivity index (χ1v) is 6.26. The normalized spacial score (nSPS) is 33.0. The van der Waals surface area contributed by atoms with Crippen molar-refractivity contribution in [3.8, 4) is 0 Å². The monoisotopic (exact) mass is 217 g/mol. The first-order chi connectivity index (χ1) is 7.74. The minimum Gasteiger partial charge on any atom is -0.303 e. The van der Waals surface area contributed by atoms with Gasteiger partial charge in [-0.15, -0.1) is 0 Å². The third kappa shape index (κ3) is 1.63. The Balaban J connectivity index is 1.94. The molecule has 0 aromatic carbocycles. The second kappa shape index (κ2) is 3.81. The maximum absolute atomic E-state index is 4.73. The molecule has 3 nitrogen and oxygen atoms in total. The molecule has 0 amide bonds. The van der Waals surface area contributed by atoms with Gasteiger partial charge in [-0.05, 0) is 45.7 Å². The van der Waals surface area contributed by atoms with Gasteiger partial charge in [-0.1, -0.05) is 0 Å². The average Bonchev–Trinajstić information content (AvgIpc) is 2.34. The molecule has 0 aliphatic carbocycles. The molecule has 1 aromatic heterocycles. The predicted molar refractivity (Wildman–Crippen MR) is 63.4 cm³/mol. The van der Waals surface area contributed by atoms with Crippen LogP contribution in [-0.4, -0.2) is 34.5 Å². The van der Waals surface area contributed by atoms with Crippen molar-refractivity contribution in [2.45, 2.75) is 32.6 Å². The van der Waals surface area contributed by atoms with Crippen molar-refractivity contribution in [3.63, 3.8) is 0 Å². The highest BCUT2D eigenvalue weighted by Gasteiger charge is 2.36. The lowest BCUT2D eigenvalue weighted by Gasteiger charge is -2.44. The van der Waals surface area contributed by atoms with Crippen LogP contribution in [0.3, 0.4) is 0 Å². The summed E-state index contributed by atoms with van der Waals surface area (Å²) < 4.78 is 0.